The van der Waals surface area contributed by atoms with Gasteiger partial charge in [0.25, 0.3) is 0 Å². The van der Waals surface area contributed by atoms with Crippen molar-refractivity contribution in [1.82, 2.24) is 4.31 Å². The Bertz CT molecular complexity index is 1500. The highest BCUT2D eigenvalue weighted by atomic mass is 32.2. The maximum Gasteiger partial charge on any atom is 0.416 e. The van der Waals surface area contributed by atoms with Crippen molar-refractivity contribution in [2.75, 3.05) is 6.54 Å². The number of alkyl halides is 3. The topological polar surface area (TPSA) is 59.8 Å². The van der Waals surface area contributed by atoms with E-state index in [1.807, 2.05) is 6.07 Å². The number of ether oxygens (including phenoxy) is 1. The molecule has 1 aliphatic heterocycles. The molecule has 39 heavy (non-hydrogen) atoms. The van der Waals surface area contributed by atoms with Crippen LogP contribution in [0, 0.1) is 5.82 Å². The number of nitrogens with zero attached hydrogens (tertiary/aromatic N) is 1. The van der Waals surface area contributed by atoms with Gasteiger partial charge in [-0.1, -0.05) is 24.3 Å². The van der Waals surface area contributed by atoms with E-state index < -0.39 is 34.6 Å². The smallest absolute Gasteiger partial charge is 0.416 e. The Balaban J connectivity index is 1.17. The zero-order valence-corrected chi connectivity index (χ0v) is 21.6. The van der Waals surface area contributed by atoms with Crippen LogP contribution in [0.2, 0.25) is 0 Å². The van der Waals surface area contributed by atoms with Gasteiger partial charge in [-0.15, -0.1) is 0 Å². The number of rotatable bonds is 9. The Morgan fingerprint density at radius 2 is 1.82 bits per heavy atom. The van der Waals surface area contributed by atoms with Crippen LogP contribution in [0.4, 0.5) is 17.6 Å². The first-order chi connectivity index (χ1) is 18.7. The number of fused-ring (bicyclic) bond motifs is 1. The fraction of sp³-hybridized carbons (Fsp3) is 0.276. The molecule has 0 radical (unpaired) electrons. The highest BCUT2D eigenvalue weighted by molar-refractivity contribution is 7.82. The summed E-state index contributed by atoms with van der Waals surface area (Å²) in [6.07, 6.45) is -2.37. The van der Waals surface area contributed by atoms with Crippen molar-refractivity contribution < 1.29 is 35.7 Å². The first-order valence-corrected chi connectivity index (χ1v) is 13.6. The molecule has 3 aromatic carbocycles. The van der Waals surface area contributed by atoms with E-state index in [9.17, 15) is 26.6 Å². The molecule has 0 spiro atoms. The summed E-state index contributed by atoms with van der Waals surface area (Å²) in [6.45, 7) is 0.597. The van der Waals surface area contributed by atoms with Crippen LogP contribution in [0.5, 0.6) is 5.75 Å². The number of halogens is 4. The van der Waals surface area contributed by atoms with Crippen LogP contribution < -0.4 is 4.74 Å². The van der Waals surface area contributed by atoms with Crippen molar-refractivity contribution in [3.8, 4) is 5.75 Å². The Kier molecular flexibility index (Phi) is 7.86. The highest BCUT2D eigenvalue weighted by Gasteiger charge is 2.35. The van der Waals surface area contributed by atoms with Crippen LogP contribution >= 0.6 is 0 Å². The second kappa shape index (κ2) is 11.3. The predicted octanol–water partition coefficient (Wildman–Crippen LogP) is 6.86. The Morgan fingerprint density at radius 3 is 2.59 bits per heavy atom. The van der Waals surface area contributed by atoms with Gasteiger partial charge in [-0.2, -0.15) is 13.2 Å². The third-order valence-corrected chi connectivity index (χ3v) is 8.07. The standard InChI is InChI=1S/C29H25F4NO4S/c30-23-11-13-27-21(16-23)17-28(38-27)39(36)34-14-2-5-25(34)26(35)12-8-19-3-1-4-24(15-19)37-18-20-6-9-22(10-7-20)29(31,32)33/h1,3-4,6-7,9-11,13,15-17,25H,2,5,8,12,14,18H2/t25-,39?/m0/s1. The van der Waals surface area contributed by atoms with Crippen molar-refractivity contribution in [1.29, 1.82) is 0 Å². The van der Waals surface area contributed by atoms with Gasteiger partial charge in [-0.05, 0) is 72.9 Å². The summed E-state index contributed by atoms with van der Waals surface area (Å²) in [7, 11) is -1.69. The summed E-state index contributed by atoms with van der Waals surface area (Å²) in [4.78, 5) is 13.1. The number of carbonyl (C=O) groups is 1. The molecular weight excluding hydrogens is 534 g/mol. The molecule has 0 aliphatic carbocycles. The number of carbonyl (C=O) groups excluding carboxylic acids is 1. The van der Waals surface area contributed by atoms with Crippen LogP contribution in [0.15, 0.2) is 82.3 Å². The van der Waals surface area contributed by atoms with Gasteiger partial charge in [-0.25, -0.2) is 12.9 Å². The number of ketones is 1. The van der Waals surface area contributed by atoms with Crippen molar-refractivity contribution in [3.63, 3.8) is 0 Å². The molecule has 0 amide bonds. The molecule has 0 bridgehead atoms. The Morgan fingerprint density at radius 1 is 1.03 bits per heavy atom. The monoisotopic (exact) mass is 559 g/mol. The molecule has 5 nitrogen and oxygen atoms in total. The summed E-state index contributed by atoms with van der Waals surface area (Å²) < 4.78 is 78.0. The summed E-state index contributed by atoms with van der Waals surface area (Å²) in [5, 5.41) is 0.703. The lowest BCUT2D eigenvalue weighted by atomic mass is 10.0. The lowest BCUT2D eigenvalue weighted by Gasteiger charge is -2.21. The number of hydrogen-bond donors (Lipinski definition) is 0. The van der Waals surface area contributed by atoms with Crippen molar-refractivity contribution in [2.45, 2.75) is 49.6 Å². The lowest BCUT2D eigenvalue weighted by molar-refractivity contribution is -0.137. The zero-order valence-electron chi connectivity index (χ0n) is 20.7. The summed E-state index contributed by atoms with van der Waals surface area (Å²) >= 11 is 0. The molecule has 0 saturated carbocycles. The largest absolute Gasteiger partial charge is 0.489 e. The molecule has 5 rings (SSSR count). The predicted molar refractivity (Wildman–Crippen MR) is 138 cm³/mol. The van der Waals surface area contributed by atoms with E-state index in [1.54, 1.807) is 28.6 Å². The minimum atomic E-state index is -4.39. The average molecular weight is 560 g/mol. The maximum absolute atomic E-state index is 13.5. The van der Waals surface area contributed by atoms with E-state index in [4.69, 9.17) is 9.15 Å². The van der Waals surface area contributed by atoms with E-state index in [-0.39, 0.29) is 23.9 Å². The number of aryl methyl sites for hydroxylation is 1. The molecule has 1 unspecified atom stereocenters. The molecule has 2 atom stereocenters. The molecule has 1 aliphatic rings. The van der Waals surface area contributed by atoms with E-state index in [2.05, 4.69) is 0 Å². The van der Waals surface area contributed by atoms with Gasteiger partial charge < -0.3 is 9.15 Å². The fourth-order valence-electron chi connectivity index (χ4n) is 4.63. The van der Waals surface area contributed by atoms with Gasteiger partial charge in [0.15, 0.2) is 16.8 Å². The van der Waals surface area contributed by atoms with Crippen molar-refractivity contribution in [3.05, 3.63) is 95.3 Å². The van der Waals surface area contributed by atoms with E-state index in [1.165, 1.54) is 30.3 Å². The van der Waals surface area contributed by atoms with Gasteiger partial charge >= 0.3 is 6.18 Å². The van der Waals surface area contributed by atoms with Crippen LogP contribution in [0.3, 0.4) is 0 Å². The van der Waals surface area contributed by atoms with E-state index >= 15 is 0 Å². The minimum absolute atomic E-state index is 0.0286. The SMILES string of the molecule is O=C(CCc1cccc(OCc2ccc(C(F)(F)F)cc2)c1)[C@@H]1CCCN1S(=O)c1cc2cc(F)ccc2o1. The first-order valence-electron chi connectivity index (χ1n) is 12.5. The second-order valence-corrected chi connectivity index (χ2v) is 10.8. The van der Waals surface area contributed by atoms with E-state index in [0.29, 0.717) is 41.7 Å². The third kappa shape index (κ3) is 6.39. The summed E-state index contributed by atoms with van der Waals surface area (Å²) in [6, 6.07) is 17.1. The summed E-state index contributed by atoms with van der Waals surface area (Å²) in [5.41, 5.74) is 1.20. The molecule has 1 saturated heterocycles. The average Bonchev–Trinajstić information content (AvgIpc) is 3.57. The molecular formula is C29H25F4NO4S. The van der Waals surface area contributed by atoms with Gasteiger partial charge in [0, 0.05) is 24.4 Å². The second-order valence-electron chi connectivity index (χ2n) is 9.39. The number of hydrogen-bond acceptors (Lipinski definition) is 4. The van der Waals surface area contributed by atoms with Gasteiger partial charge in [0.05, 0.1) is 11.6 Å². The first kappa shape index (κ1) is 27.1. The van der Waals surface area contributed by atoms with Crippen LogP contribution in [-0.4, -0.2) is 26.9 Å². The Labute approximate surface area is 225 Å². The maximum atomic E-state index is 13.5. The molecule has 1 fully saturated rings. The van der Waals surface area contributed by atoms with E-state index in [0.717, 1.165) is 24.1 Å². The number of benzene rings is 3. The molecule has 2 heterocycles. The molecule has 4 aromatic rings. The van der Waals surface area contributed by atoms with Crippen molar-refractivity contribution >= 4 is 27.7 Å². The minimum Gasteiger partial charge on any atom is -0.489 e. The van der Waals surface area contributed by atoms with Gasteiger partial charge in [0.1, 0.15) is 23.8 Å². The fourth-order valence-corrected chi connectivity index (χ4v) is 6.00. The molecule has 0 N–H and O–H groups in total. The van der Waals surface area contributed by atoms with Gasteiger partial charge in [-0.3, -0.25) is 4.79 Å². The molecule has 10 heteroatoms. The summed E-state index contributed by atoms with van der Waals surface area (Å²) in [5.74, 6) is 0.104. The van der Waals surface area contributed by atoms with Crippen molar-refractivity contribution in [2.24, 2.45) is 0 Å². The van der Waals surface area contributed by atoms with Crippen LogP contribution in [-0.2, 0) is 35.0 Å². The van der Waals surface area contributed by atoms with Crippen LogP contribution in [0.25, 0.3) is 11.0 Å². The normalized spacial score (nSPS) is 17.0. The highest BCUT2D eigenvalue weighted by Crippen LogP contribution is 2.30. The Hall–Kier alpha value is -3.50. The quantitative estimate of drug-likeness (QED) is 0.210. The van der Waals surface area contributed by atoms with Gasteiger partial charge in [0.2, 0.25) is 5.09 Å². The van der Waals surface area contributed by atoms with Crippen LogP contribution in [0.1, 0.15) is 36.0 Å². The molecule has 1 aromatic heterocycles. The third-order valence-electron chi connectivity index (χ3n) is 6.66. The zero-order chi connectivity index (χ0) is 27.6. The molecule has 204 valence electrons. The number of Topliss-reactive ketones (excluding diaryl/α,β-unsaturated/α-hetero) is 1. The lowest BCUT2D eigenvalue weighted by Crippen LogP contribution is -2.37. The number of furan rings is 1.